The summed E-state index contributed by atoms with van der Waals surface area (Å²) in [6.07, 6.45) is 1.73. The average Bonchev–Trinajstić information content (AvgIpc) is 2.52. The molecule has 3 heteroatoms. The molecule has 0 saturated heterocycles. The molecule has 0 N–H and O–H groups in total. The van der Waals surface area contributed by atoms with Gasteiger partial charge in [0.05, 0.1) is 0 Å². The van der Waals surface area contributed by atoms with Gasteiger partial charge in [0.25, 0.3) is 0 Å². The fourth-order valence-corrected chi connectivity index (χ4v) is 1.80. The molecule has 0 aliphatic rings. The highest BCUT2D eigenvalue weighted by molar-refractivity contribution is 9.10. The van der Waals surface area contributed by atoms with Crippen LogP contribution in [0, 0.1) is 5.95 Å². The molecule has 2 rings (SSSR count). The number of hydrogen-bond acceptors (Lipinski definition) is 0. The average molecular weight is 254 g/mol. The largest absolute Gasteiger partial charge is 0.321 e. The molecule has 0 saturated carbocycles. The molecule has 0 atom stereocenters. The molecule has 1 nitrogen and oxygen atoms in total. The van der Waals surface area contributed by atoms with Gasteiger partial charge < -0.3 is 4.57 Å². The Kier molecular flexibility index (Phi) is 2.68. The third kappa shape index (κ3) is 2.04. The van der Waals surface area contributed by atoms with Crippen LogP contribution in [-0.2, 0) is 6.54 Å². The van der Waals surface area contributed by atoms with Gasteiger partial charge in [0, 0.05) is 17.2 Å². The van der Waals surface area contributed by atoms with Gasteiger partial charge in [0.1, 0.15) is 0 Å². The SMILES string of the molecule is Fc1cccn1Cc1cccc(Br)c1. The maximum Gasteiger partial charge on any atom is 0.193 e. The highest BCUT2D eigenvalue weighted by Gasteiger charge is 2.00. The second-order valence-electron chi connectivity index (χ2n) is 3.09. The van der Waals surface area contributed by atoms with E-state index in [2.05, 4.69) is 15.9 Å². The zero-order chi connectivity index (χ0) is 9.97. The van der Waals surface area contributed by atoms with Crippen molar-refractivity contribution in [1.82, 2.24) is 4.57 Å². The number of aromatic nitrogens is 1. The van der Waals surface area contributed by atoms with Crippen LogP contribution >= 0.6 is 15.9 Å². The zero-order valence-electron chi connectivity index (χ0n) is 7.45. The predicted molar refractivity (Wildman–Crippen MR) is 57.6 cm³/mol. The lowest BCUT2D eigenvalue weighted by atomic mass is 10.2. The van der Waals surface area contributed by atoms with E-state index >= 15 is 0 Å². The van der Waals surface area contributed by atoms with Crippen molar-refractivity contribution in [3.63, 3.8) is 0 Å². The number of rotatable bonds is 2. The van der Waals surface area contributed by atoms with Crippen LogP contribution in [0.2, 0.25) is 0 Å². The normalized spacial score (nSPS) is 10.4. The van der Waals surface area contributed by atoms with Crippen molar-refractivity contribution in [2.75, 3.05) is 0 Å². The van der Waals surface area contributed by atoms with Gasteiger partial charge in [0.15, 0.2) is 5.95 Å². The highest BCUT2D eigenvalue weighted by Crippen LogP contribution is 2.13. The molecule has 0 aliphatic carbocycles. The van der Waals surface area contributed by atoms with E-state index < -0.39 is 0 Å². The Morgan fingerprint density at radius 2 is 2.07 bits per heavy atom. The lowest BCUT2D eigenvalue weighted by Crippen LogP contribution is -2.00. The number of nitrogens with zero attached hydrogens (tertiary/aromatic N) is 1. The van der Waals surface area contributed by atoms with Gasteiger partial charge >= 0.3 is 0 Å². The summed E-state index contributed by atoms with van der Waals surface area (Å²) in [5, 5.41) is 0. The third-order valence-corrected chi connectivity index (χ3v) is 2.51. The van der Waals surface area contributed by atoms with Gasteiger partial charge in [-0.1, -0.05) is 28.1 Å². The van der Waals surface area contributed by atoms with Crippen LogP contribution in [0.1, 0.15) is 5.56 Å². The van der Waals surface area contributed by atoms with Crippen molar-refractivity contribution < 1.29 is 4.39 Å². The first kappa shape index (κ1) is 9.46. The minimum Gasteiger partial charge on any atom is -0.321 e. The summed E-state index contributed by atoms with van der Waals surface area (Å²) in [5.41, 5.74) is 1.08. The van der Waals surface area contributed by atoms with Crippen molar-refractivity contribution in [1.29, 1.82) is 0 Å². The summed E-state index contributed by atoms with van der Waals surface area (Å²) in [4.78, 5) is 0. The molecule has 0 unspecified atom stereocenters. The molecule has 72 valence electrons. The lowest BCUT2D eigenvalue weighted by Gasteiger charge is -2.04. The quantitative estimate of drug-likeness (QED) is 0.773. The standard InChI is InChI=1S/C11H9BrFN/c12-10-4-1-3-9(7-10)8-14-6-2-5-11(14)13/h1-7H,8H2. The second kappa shape index (κ2) is 3.96. The van der Waals surface area contributed by atoms with E-state index in [1.54, 1.807) is 16.8 Å². The number of halogens is 2. The summed E-state index contributed by atoms with van der Waals surface area (Å²) >= 11 is 3.38. The predicted octanol–water partition coefficient (Wildman–Crippen LogP) is 3.44. The maximum atomic E-state index is 13.1. The first-order valence-electron chi connectivity index (χ1n) is 4.31. The van der Waals surface area contributed by atoms with Crippen LogP contribution in [0.25, 0.3) is 0 Å². The van der Waals surface area contributed by atoms with Crippen LogP contribution in [0.3, 0.4) is 0 Å². The van der Waals surface area contributed by atoms with E-state index in [1.165, 1.54) is 6.07 Å². The first-order valence-corrected chi connectivity index (χ1v) is 5.10. The zero-order valence-corrected chi connectivity index (χ0v) is 9.04. The first-order chi connectivity index (χ1) is 6.75. The second-order valence-corrected chi connectivity index (χ2v) is 4.00. The molecular formula is C11H9BrFN. The van der Waals surface area contributed by atoms with E-state index in [-0.39, 0.29) is 5.95 Å². The van der Waals surface area contributed by atoms with Gasteiger partial charge in [0.2, 0.25) is 0 Å². The van der Waals surface area contributed by atoms with Crippen LogP contribution < -0.4 is 0 Å². The van der Waals surface area contributed by atoms with Gasteiger partial charge in [-0.15, -0.1) is 0 Å². The molecule has 2 aromatic rings. The van der Waals surface area contributed by atoms with E-state index in [0.29, 0.717) is 6.54 Å². The number of benzene rings is 1. The van der Waals surface area contributed by atoms with Gasteiger partial charge in [-0.25, -0.2) is 0 Å². The maximum absolute atomic E-state index is 13.1. The molecule has 0 bridgehead atoms. The lowest BCUT2D eigenvalue weighted by molar-refractivity contribution is 0.516. The van der Waals surface area contributed by atoms with Crippen molar-refractivity contribution >= 4 is 15.9 Å². The fraction of sp³-hybridized carbons (Fsp3) is 0.0909. The Morgan fingerprint density at radius 3 is 2.71 bits per heavy atom. The van der Waals surface area contributed by atoms with Crippen LogP contribution in [0.5, 0.6) is 0 Å². The minimum atomic E-state index is -0.204. The third-order valence-electron chi connectivity index (χ3n) is 2.02. The van der Waals surface area contributed by atoms with E-state index in [9.17, 15) is 4.39 Å². The molecule has 14 heavy (non-hydrogen) atoms. The monoisotopic (exact) mass is 253 g/mol. The Morgan fingerprint density at radius 1 is 1.21 bits per heavy atom. The molecule has 0 aliphatic heterocycles. The van der Waals surface area contributed by atoms with Crippen LogP contribution in [0.15, 0.2) is 47.1 Å². The molecule has 1 aromatic carbocycles. The summed E-state index contributed by atoms with van der Waals surface area (Å²) in [6, 6.07) is 11.0. The molecule has 0 radical (unpaired) electrons. The topological polar surface area (TPSA) is 4.93 Å². The van der Waals surface area contributed by atoms with E-state index in [0.717, 1.165) is 10.0 Å². The molecular weight excluding hydrogens is 245 g/mol. The summed E-state index contributed by atoms with van der Waals surface area (Å²) in [5.74, 6) is -0.204. The molecule has 1 heterocycles. The molecule has 0 amide bonds. The molecule has 1 aromatic heterocycles. The fourth-order valence-electron chi connectivity index (χ4n) is 1.35. The summed E-state index contributed by atoms with van der Waals surface area (Å²) in [6.45, 7) is 0.568. The van der Waals surface area contributed by atoms with Gasteiger partial charge in [-0.2, -0.15) is 4.39 Å². The van der Waals surface area contributed by atoms with Crippen LogP contribution in [-0.4, -0.2) is 4.57 Å². The Bertz CT molecular complexity index is 436. The Hall–Kier alpha value is -1.09. The Labute approximate surface area is 90.3 Å². The Balaban J connectivity index is 2.23. The minimum absolute atomic E-state index is 0.204. The van der Waals surface area contributed by atoms with E-state index in [4.69, 9.17) is 0 Å². The van der Waals surface area contributed by atoms with Crippen molar-refractivity contribution in [3.05, 3.63) is 58.6 Å². The number of hydrogen-bond donors (Lipinski definition) is 0. The summed E-state index contributed by atoms with van der Waals surface area (Å²) < 4.78 is 15.7. The van der Waals surface area contributed by atoms with Crippen molar-refractivity contribution in [2.45, 2.75) is 6.54 Å². The van der Waals surface area contributed by atoms with Crippen LogP contribution in [0.4, 0.5) is 4.39 Å². The highest BCUT2D eigenvalue weighted by atomic mass is 79.9. The summed E-state index contributed by atoms with van der Waals surface area (Å²) in [7, 11) is 0. The smallest absolute Gasteiger partial charge is 0.193 e. The van der Waals surface area contributed by atoms with Crippen molar-refractivity contribution in [3.8, 4) is 0 Å². The van der Waals surface area contributed by atoms with Gasteiger partial charge in [-0.3, -0.25) is 0 Å². The van der Waals surface area contributed by atoms with E-state index in [1.807, 2.05) is 24.3 Å². The van der Waals surface area contributed by atoms with Crippen molar-refractivity contribution in [2.24, 2.45) is 0 Å². The van der Waals surface area contributed by atoms with Gasteiger partial charge in [-0.05, 0) is 29.8 Å². The molecule has 0 spiro atoms. The molecule has 0 fully saturated rings.